The van der Waals surface area contributed by atoms with Gasteiger partial charge in [0.1, 0.15) is 0 Å². The highest BCUT2D eigenvalue weighted by Crippen LogP contribution is 2.19. The van der Waals surface area contributed by atoms with Crippen molar-refractivity contribution in [1.82, 2.24) is 10.2 Å². The molecule has 6 heteroatoms. The number of nitrogens with one attached hydrogen (secondary N) is 1. The van der Waals surface area contributed by atoms with Crippen LogP contribution in [0.4, 0.5) is 17.3 Å². The van der Waals surface area contributed by atoms with E-state index in [1.54, 1.807) is 0 Å². The predicted octanol–water partition coefficient (Wildman–Crippen LogP) is 2.71. The van der Waals surface area contributed by atoms with Crippen molar-refractivity contribution in [2.24, 2.45) is 0 Å². The number of halogens is 1. The summed E-state index contributed by atoms with van der Waals surface area (Å²) in [6.45, 7) is 3.20. The van der Waals surface area contributed by atoms with E-state index in [4.69, 9.17) is 16.3 Å². The Kier molecular flexibility index (Phi) is 3.99. The number of morpholine rings is 1. The second-order valence-electron chi connectivity index (χ2n) is 4.51. The van der Waals surface area contributed by atoms with Gasteiger partial charge in [0.2, 0.25) is 0 Å². The lowest BCUT2D eigenvalue weighted by Crippen LogP contribution is -2.36. The maximum absolute atomic E-state index is 5.85. The zero-order valence-corrected chi connectivity index (χ0v) is 11.7. The first-order chi connectivity index (χ1) is 9.81. The number of rotatable bonds is 3. The molecular formula is C14H15ClN4O. The van der Waals surface area contributed by atoms with E-state index in [-0.39, 0.29) is 0 Å². The average Bonchev–Trinajstić information content (AvgIpc) is 2.51. The van der Waals surface area contributed by atoms with E-state index in [1.807, 2.05) is 36.4 Å². The smallest absolute Gasteiger partial charge is 0.153 e. The lowest BCUT2D eigenvalue weighted by Gasteiger charge is -2.27. The molecule has 1 aliphatic heterocycles. The molecule has 1 N–H and O–H groups in total. The standard InChI is InChI=1S/C14H15ClN4O/c15-11-1-3-12(4-2-11)16-13-5-6-14(18-17-13)19-7-9-20-10-8-19/h1-6H,7-10H2,(H,16,17). The Morgan fingerprint density at radius 1 is 1.00 bits per heavy atom. The predicted molar refractivity (Wildman–Crippen MR) is 79.8 cm³/mol. The third-order valence-electron chi connectivity index (χ3n) is 3.10. The SMILES string of the molecule is Clc1ccc(Nc2ccc(N3CCOCC3)nn2)cc1. The first-order valence-corrected chi connectivity index (χ1v) is 6.88. The number of hydrogen-bond donors (Lipinski definition) is 1. The fourth-order valence-electron chi connectivity index (χ4n) is 2.03. The maximum atomic E-state index is 5.85. The summed E-state index contributed by atoms with van der Waals surface area (Å²) in [5, 5.41) is 12.3. The van der Waals surface area contributed by atoms with Crippen LogP contribution in [0.25, 0.3) is 0 Å². The molecule has 0 unspecified atom stereocenters. The monoisotopic (exact) mass is 290 g/mol. The van der Waals surface area contributed by atoms with Crippen molar-refractivity contribution in [3.63, 3.8) is 0 Å². The minimum absolute atomic E-state index is 0.712. The van der Waals surface area contributed by atoms with E-state index in [0.717, 1.165) is 37.8 Å². The van der Waals surface area contributed by atoms with Gasteiger partial charge in [-0.25, -0.2) is 0 Å². The quantitative estimate of drug-likeness (QED) is 0.942. The van der Waals surface area contributed by atoms with Gasteiger partial charge in [0.15, 0.2) is 11.6 Å². The number of anilines is 3. The van der Waals surface area contributed by atoms with E-state index >= 15 is 0 Å². The van der Waals surface area contributed by atoms with Crippen LogP contribution < -0.4 is 10.2 Å². The second-order valence-corrected chi connectivity index (χ2v) is 4.94. The largest absolute Gasteiger partial charge is 0.378 e. The topological polar surface area (TPSA) is 50.3 Å². The van der Waals surface area contributed by atoms with Gasteiger partial charge in [0, 0.05) is 23.8 Å². The van der Waals surface area contributed by atoms with Crippen molar-refractivity contribution in [3.05, 3.63) is 41.4 Å². The summed E-state index contributed by atoms with van der Waals surface area (Å²) in [7, 11) is 0. The minimum Gasteiger partial charge on any atom is -0.378 e. The highest BCUT2D eigenvalue weighted by Gasteiger charge is 2.12. The van der Waals surface area contributed by atoms with Gasteiger partial charge in [0.05, 0.1) is 13.2 Å². The summed E-state index contributed by atoms with van der Waals surface area (Å²) in [6, 6.07) is 11.4. The summed E-state index contributed by atoms with van der Waals surface area (Å²) in [4.78, 5) is 2.17. The molecule has 2 heterocycles. The Hall–Kier alpha value is -1.85. The van der Waals surface area contributed by atoms with Crippen LogP contribution in [0.3, 0.4) is 0 Å². The van der Waals surface area contributed by atoms with Crippen LogP contribution in [-0.2, 0) is 4.74 Å². The number of aromatic nitrogens is 2. The van der Waals surface area contributed by atoms with Crippen molar-refractivity contribution in [2.45, 2.75) is 0 Å². The van der Waals surface area contributed by atoms with Gasteiger partial charge in [-0.3, -0.25) is 0 Å². The molecule has 1 aliphatic rings. The fourth-order valence-corrected chi connectivity index (χ4v) is 2.16. The van der Waals surface area contributed by atoms with Crippen LogP contribution in [0.2, 0.25) is 5.02 Å². The first-order valence-electron chi connectivity index (χ1n) is 6.50. The average molecular weight is 291 g/mol. The summed E-state index contributed by atoms with van der Waals surface area (Å²) in [5.74, 6) is 1.60. The molecule has 0 saturated carbocycles. The summed E-state index contributed by atoms with van der Waals surface area (Å²) in [5.41, 5.74) is 0.933. The maximum Gasteiger partial charge on any atom is 0.153 e. The molecule has 104 valence electrons. The zero-order valence-electron chi connectivity index (χ0n) is 10.9. The lowest BCUT2D eigenvalue weighted by molar-refractivity contribution is 0.122. The second kappa shape index (κ2) is 6.07. The summed E-state index contributed by atoms with van der Waals surface area (Å²) >= 11 is 5.85. The van der Waals surface area contributed by atoms with Gasteiger partial charge >= 0.3 is 0 Å². The van der Waals surface area contributed by atoms with E-state index in [1.165, 1.54) is 0 Å². The molecule has 0 aliphatic carbocycles. The van der Waals surface area contributed by atoms with Gasteiger partial charge in [-0.2, -0.15) is 0 Å². The van der Waals surface area contributed by atoms with Gasteiger partial charge in [0.25, 0.3) is 0 Å². The molecule has 0 bridgehead atoms. The van der Waals surface area contributed by atoms with Crippen molar-refractivity contribution >= 4 is 28.9 Å². The Bertz CT molecular complexity index is 552. The van der Waals surface area contributed by atoms with Crippen LogP contribution in [0.5, 0.6) is 0 Å². The highest BCUT2D eigenvalue weighted by atomic mass is 35.5. The van der Waals surface area contributed by atoms with Crippen LogP contribution in [0, 0.1) is 0 Å². The molecule has 0 spiro atoms. The molecule has 1 aromatic heterocycles. The van der Waals surface area contributed by atoms with E-state index in [9.17, 15) is 0 Å². The van der Waals surface area contributed by atoms with E-state index in [2.05, 4.69) is 20.4 Å². The molecule has 0 radical (unpaired) electrons. The Labute approximate surface area is 122 Å². The van der Waals surface area contributed by atoms with Gasteiger partial charge < -0.3 is 15.0 Å². The Balaban J connectivity index is 1.67. The lowest BCUT2D eigenvalue weighted by atomic mass is 10.3. The van der Waals surface area contributed by atoms with Gasteiger partial charge in [-0.05, 0) is 36.4 Å². The van der Waals surface area contributed by atoms with Crippen molar-refractivity contribution in [2.75, 3.05) is 36.5 Å². The molecule has 1 fully saturated rings. The molecule has 1 aromatic carbocycles. The van der Waals surface area contributed by atoms with Crippen LogP contribution in [-0.4, -0.2) is 36.5 Å². The van der Waals surface area contributed by atoms with Crippen molar-refractivity contribution < 1.29 is 4.74 Å². The normalized spacial score (nSPS) is 15.2. The first kappa shape index (κ1) is 13.1. The van der Waals surface area contributed by atoms with Crippen molar-refractivity contribution in [3.8, 4) is 0 Å². The molecular weight excluding hydrogens is 276 g/mol. The van der Waals surface area contributed by atoms with Gasteiger partial charge in [-0.1, -0.05) is 11.6 Å². The number of benzene rings is 1. The highest BCUT2D eigenvalue weighted by molar-refractivity contribution is 6.30. The molecule has 5 nitrogen and oxygen atoms in total. The zero-order chi connectivity index (χ0) is 13.8. The molecule has 0 amide bonds. The van der Waals surface area contributed by atoms with Crippen LogP contribution in [0.1, 0.15) is 0 Å². The molecule has 1 saturated heterocycles. The molecule has 2 aromatic rings. The fraction of sp³-hybridized carbons (Fsp3) is 0.286. The van der Waals surface area contributed by atoms with E-state index < -0.39 is 0 Å². The molecule has 20 heavy (non-hydrogen) atoms. The van der Waals surface area contributed by atoms with Crippen LogP contribution in [0.15, 0.2) is 36.4 Å². The summed E-state index contributed by atoms with van der Waals surface area (Å²) in [6.07, 6.45) is 0. The molecule has 0 atom stereocenters. The third-order valence-corrected chi connectivity index (χ3v) is 3.35. The van der Waals surface area contributed by atoms with Crippen molar-refractivity contribution in [1.29, 1.82) is 0 Å². The Morgan fingerprint density at radius 3 is 2.40 bits per heavy atom. The number of hydrogen-bond acceptors (Lipinski definition) is 5. The molecule has 3 rings (SSSR count). The van der Waals surface area contributed by atoms with E-state index in [0.29, 0.717) is 10.8 Å². The summed E-state index contributed by atoms with van der Waals surface area (Å²) < 4.78 is 5.32. The number of ether oxygens (including phenoxy) is 1. The minimum atomic E-state index is 0.712. The van der Waals surface area contributed by atoms with Crippen LogP contribution >= 0.6 is 11.6 Å². The van der Waals surface area contributed by atoms with Gasteiger partial charge in [-0.15, -0.1) is 10.2 Å². The Morgan fingerprint density at radius 2 is 1.75 bits per heavy atom. The number of nitrogens with zero attached hydrogens (tertiary/aromatic N) is 3. The third kappa shape index (κ3) is 3.18.